The lowest BCUT2D eigenvalue weighted by Crippen LogP contribution is -2.34. The van der Waals surface area contributed by atoms with E-state index in [0.29, 0.717) is 0 Å². The molecule has 0 aliphatic rings. The van der Waals surface area contributed by atoms with Crippen molar-refractivity contribution in [3.05, 3.63) is 34.9 Å². The van der Waals surface area contributed by atoms with E-state index in [4.69, 9.17) is 0 Å². The summed E-state index contributed by atoms with van der Waals surface area (Å²) in [5.74, 6) is -0.347. The van der Waals surface area contributed by atoms with Gasteiger partial charge in [0.25, 0.3) is 0 Å². The highest BCUT2D eigenvalue weighted by molar-refractivity contribution is 7.90. The van der Waals surface area contributed by atoms with Gasteiger partial charge in [0.1, 0.15) is 0 Å². The minimum Gasteiger partial charge on any atom is -0.214 e. The summed E-state index contributed by atoms with van der Waals surface area (Å²) in [6, 6.07) is 5.79. The van der Waals surface area contributed by atoms with Gasteiger partial charge in [0, 0.05) is 13.1 Å². The Balaban J connectivity index is 2.53. The fourth-order valence-corrected chi connectivity index (χ4v) is 3.37. The Kier molecular flexibility index (Phi) is 6.33. The van der Waals surface area contributed by atoms with Crippen LogP contribution in [0.5, 0.6) is 0 Å². The molecule has 1 aromatic carbocycles. The van der Waals surface area contributed by atoms with Gasteiger partial charge in [0.05, 0.1) is 11.5 Å². The summed E-state index contributed by atoms with van der Waals surface area (Å²) in [4.78, 5) is 0. The highest BCUT2D eigenvalue weighted by Crippen LogP contribution is 2.10. The fourth-order valence-electron chi connectivity index (χ4n) is 1.74. The molecule has 2 N–H and O–H groups in total. The topological polar surface area (TPSA) is 92.3 Å². The molecule has 0 spiro atoms. The first kappa shape index (κ1) is 18.1. The molecule has 0 atom stereocenters. The van der Waals surface area contributed by atoms with Crippen molar-refractivity contribution >= 4 is 20.0 Å². The molecule has 120 valence electrons. The Morgan fingerprint density at radius 3 is 2.24 bits per heavy atom. The monoisotopic (exact) mass is 334 g/mol. The van der Waals surface area contributed by atoms with Crippen LogP contribution in [0.2, 0.25) is 0 Å². The molecular weight excluding hydrogens is 312 g/mol. The molecule has 0 heterocycles. The highest BCUT2D eigenvalue weighted by atomic mass is 32.2. The molecule has 0 radical (unpaired) electrons. The van der Waals surface area contributed by atoms with Crippen LogP contribution in [0.1, 0.15) is 23.6 Å². The summed E-state index contributed by atoms with van der Waals surface area (Å²) >= 11 is 0. The second kappa shape index (κ2) is 7.35. The molecular formula is C13H22N2O4S2. The lowest BCUT2D eigenvalue weighted by molar-refractivity contribution is 0.575. The number of sulfonamides is 2. The van der Waals surface area contributed by atoms with Gasteiger partial charge in [0.15, 0.2) is 0 Å². The van der Waals surface area contributed by atoms with E-state index in [0.717, 1.165) is 16.7 Å². The maximum atomic E-state index is 11.8. The van der Waals surface area contributed by atoms with Crippen LogP contribution in [0.3, 0.4) is 0 Å². The van der Waals surface area contributed by atoms with Crippen LogP contribution >= 0.6 is 0 Å². The minimum atomic E-state index is -3.51. The lowest BCUT2D eigenvalue weighted by atomic mass is 10.1. The van der Waals surface area contributed by atoms with Crippen molar-refractivity contribution < 1.29 is 16.8 Å². The van der Waals surface area contributed by atoms with Gasteiger partial charge in [-0.1, -0.05) is 23.8 Å². The SMILES string of the molecule is CCS(=O)(=O)NCCS(=O)(=O)NCc1ccc(C)cc1C. The Hall–Kier alpha value is -0.960. The first-order chi connectivity index (χ1) is 9.65. The summed E-state index contributed by atoms with van der Waals surface area (Å²) in [7, 11) is -6.88. The molecule has 0 aliphatic carbocycles. The normalized spacial score (nSPS) is 12.5. The first-order valence-electron chi connectivity index (χ1n) is 6.66. The van der Waals surface area contributed by atoms with Crippen LogP contribution in [0.4, 0.5) is 0 Å². The number of rotatable bonds is 8. The second-order valence-electron chi connectivity index (χ2n) is 4.87. The molecule has 0 saturated heterocycles. The van der Waals surface area contributed by atoms with Crippen LogP contribution in [0.25, 0.3) is 0 Å². The second-order valence-corrected chi connectivity index (χ2v) is 8.89. The van der Waals surface area contributed by atoms with Crippen LogP contribution in [-0.2, 0) is 26.6 Å². The zero-order valence-electron chi connectivity index (χ0n) is 12.5. The van der Waals surface area contributed by atoms with Gasteiger partial charge in [-0.2, -0.15) is 0 Å². The van der Waals surface area contributed by atoms with Crippen molar-refractivity contribution in [3.8, 4) is 0 Å². The molecule has 0 bridgehead atoms. The lowest BCUT2D eigenvalue weighted by Gasteiger charge is -2.10. The summed E-state index contributed by atoms with van der Waals surface area (Å²) in [6.07, 6.45) is 0. The van der Waals surface area contributed by atoms with Gasteiger partial charge in [-0.15, -0.1) is 0 Å². The van der Waals surface area contributed by atoms with Crippen LogP contribution < -0.4 is 9.44 Å². The Morgan fingerprint density at radius 2 is 1.67 bits per heavy atom. The van der Waals surface area contributed by atoms with Gasteiger partial charge in [-0.25, -0.2) is 26.3 Å². The zero-order valence-corrected chi connectivity index (χ0v) is 14.1. The van der Waals surface area contributed by atoms with Crippen LogP contribution in [-0.4, -0.2) is 34.9 Å². The number of hydrogen-bond donors (Lipinski definition) is 2. The maximum Gasteiger partial charge on any atom is 0.213 e. The number of benzene rings is 1. The number of nitrogens with one attached hydrogen (secondary N) is 2. The van der Waals surface area contributed by atoms with E-state index < -0.39 is 20.0 Å². The Labute approximate surface area is 127 Å². The molecule has 0 fully saturated rings. The molecule has 0 saturated carbocycles. The maximum absolute atomic E-state index is 11.8. The predicted octanol–water partition coefficient (Wildman–Crippen LogP) is 0.662. The molecule has 0 amide bonds. The largest absolute Gasteiger partial charge is 0.214 e. The van der Waals surface area contributed by atoms with Gasteiger partial charge in [-0.05, 0) is 31.9 Å². The van der Waals surface area contributed by atoms with E-state index in [1.54, 1.807) is 0 Å². The van der Waals surface area contributed by atoms with Crippen molar-refractivity contribution in [2.24, 2.45) is 0 Å². The molecule has 0 aromatic heterocycles. The smallest absolute Gasteiger partial charge is 0.213 e. The molecule has 1 aromatic rings. The molecule has 21 heavy (non-hydrogen) atoms. The third-order valence-corrected chi connectivity index (χ3v) is 5.78. The first-order valence-corrected chi connectivity index (χ1v) is 9.96. The highest BCUT2D eigenvalue weighted by Gasteiger charge is 2.13. The van der Waals surface area contributed by atoms with Crippen molar-refractivity contribution in [1.29, 1.82) is 0 Å². The third kappa shape index (κ3) is 6.56. The van der Waals surface area contributed by atoms with Crippen LogP contribution in [0, 0.1) is 13.8 Å². The summed E-state index contributed by atoms with van der Waals surface area (Å²) in [6.45, 7) is 5.47. The molecule has 0 aliphatic heterocycles. The molecule has 0 unspecified atom stereocenters. The van der Waals surface area contributed by atoms with Crippen molar-refractivity contribution in [2.45, 2.75) is 27.3 Å². The van der Waals surface area contributed by atoms with Gasteiger partial charge < -0.3 is 0 Å². The molecule has 1 rings (SSSR count). The summed E-state index contributed by atoms with van der Waals surface area (Å²) in [5, 5.41) is 0. The van der Waals surface area contributed by atoms with Crippen LogP contribution in [0.15, 0.2) is 18.2 Å². The fraction of sp³-hybridized carbons (Fsp3) is 0.538. The van der Waals surface area contributed by atoms with Gasteiger partial charge >= 0.3 is 0 Å². The van der Waals surface area contributed by atoms with Crippen molar-refractivity contribution in [3.63, 3.8) is 0 Å². The van der Waals surface area contributed by atoms with E-state index in [1.165, 1.54) is 6.92 Å². The number of hydrogen-bond acceptors (Lipinski definition) is 4. The standard InChI is InChI=1S/C13H22N2O4S2/c1-4-20(16,17)14-7-8-21(18,19)15-10-13-6-5-11(2)9-12(13)3/h5-6,9,14-15H,4,7-8,10H2,1-3H3. The summed E-state index contributed by atoms with van der Waals surface area (Å²) < 4.78 is 50.8. The van der Waals surface area contributed by atoms with E-state index in [1.807, 2.05) is 32.0 Å². The Bertz CT molecular complexity index is 682. The number of aryl methyl sites for hydroxylation is 2. The average Bonchev–Trinajstić information content (AvgIpc) is 2.37. The molecule has 6 nitrogen and oxygen atoms in total. The van der Waals surface area contributed by atoms with E-state index in [-0.39, 0.29) is 24.6 Å². The third-order valence-electron chi connectivity index (χ3n) is 3.05. The van der Waals surface area contributed by atoms with E-state index >= 15 is 0 Å². The van der Waals surface area contributed by atoms with Crippen molar-refractivity contribution in [2.75, 3.05) is 18.1 Å². The zero-order chi connectivity index (χ0) is 16.1. The van der Waals surface area contributed by atoms with Crippen molar-refractivity contribution in [1.82, 2.24) is 9.44 Å². The summed E-state index contributed by atoms with van der Waals surface area (Å²) in [5.41, 5.74) is 3.04. The van der Waals surface area contributed by atoms with E-state index in [9.17, 15) is 16.8 Å². The van der Waals surface area contributed by atoms with Gasteiger partial charge in [-0.3, -0.25) is 0 Å². The minimum absolute atomic E-state index is 0.0664. The molecule has 8 heteroatoms. The van der Waals surface area contributed by atoms with E-state index in [2.05, 4.69) is 9.44 Å². The Morgan fingerprint density at radius 1 is 1.00 bits per heavy atom. The van der Waals surface area contributed by atoms with Gasteiger partial charge in [0.2, 0.25) is 20.0 Å². The predicted molar refractivity (Wildman–Crippen MR) is 84.0 cm³/mol. The average molecular weight is 334 g/mol. The quantitative estimate of drug-likeness (QED) is 0.730.